The molecule has 19 heavy (non-hydrogen) atoms. The molecule has 1 saturated heterocycles. The number of anilines is 2. The summed E-state index contributed by atoms with van der Waals surface area (Å²) in [6.07, 6.45) is 1.50. The lowest BCUT2D eigenvalue weighted by molar-refractivity contribution is 0.0983. The third kappa shape index (κ3) is 3.30. The number of nitrogens with two attached hydrogens (primary N) is 1. The summed E-state index contributed by atoms with van der Waals surface area (Å²) < 4.78 is 4.99. The zero-order valence-corrected chi connectivity index (χ0v) is 11.4. The molecule has 1 aromatic heterocycles. The van der Waals surface area contributed by atoms with E-state index < -0.39 is 0 Å². The van der Waals surface area contributed by atoms with Crippen LogP contribution in [-0.4, -0.2) is 46.7 Å². The molecule has 7 heteroatoms. The monoisotopic (exact) mass is 267 g/mol. The van der Waals surface area contributed by atoms with Crippen molar-refractivity contribution in [1.29, 1.82) is 0 Å². The van der Waals surface area contributed by atoms with E-state index in [1.54, 1.807) is 4.90 Å². The number of imidazole rings is 1. The number of hydrogen-bond acceptors (Lipinski definition) is 5. The highest BCUT2D eigenvalue weighted by molar-refractivity contribution is 5.67. The van der Waals surface area contributed by atoms with Crippen molar-refractivity contribution in [2.45, 2.75) is 32.7 Å². The lowest BCUT2D eigenvalue weighted by Crippen LogP contribution is -2.42. The second-order valence-electron chi connectivity index (χ2n) is 4.69. The maximum absolute atomic E-state index is 11.6. The number of amides is 1. The van der Waals surface area contributed by atoms with Crippen LogP contribution in [0.1, 0.15) is 25.6 Å². The predicted octanol–water partition coefficient (Wildman–Crippen LogP) is 1.33. The van der Waals surface area contributed by atoms with E-state index in [1.807, 2.05) is 13.8 Å². The average Bonchev–Trinajstić information content (AvgIpc) is 2.69. The van der Waals surface area contributed by atoms with Gasteiger partial charge in [0.25, 0.3) is 0 Å². The fraction of sp³-hybridized carbons (Fsp3) is 0.667. The van der Waals surface area contributed by atoms with E-state index >= 15 is 0 Å². The molecule has 1 aliphatic heterocycles. The maximum atomic E-state index is 11.6. The molecular formula is C12H21N5O2. The molecule has 0 saturated carbocycles. The molecule has 0 atom stereocenters. The molecule has 7 nitrogen and oxygen atoms in total. The van der Waals surface area contributed by atoms with Crippen molar-refractivity contribution >= 4 is 17.7 Å². The van der Waals surface area contributed by atoms with Gasteiger partial charge in [-0.05, 0) is 26.7 Å². The number of aryl methyl sites for hydroxylation is 1. The highest BCUT2D eigenvalue weighted by Gasteiger charge is 2.24. The Labute approximate surface area is 112 Å². The van der Waals surface area contributed by atoms with Crippen molar-refractivity contribution < 1.29 is 9.53 Å². The number of likely N-dealkylation sites (tertiary alicyclic amines) is 1. The maximum Gasteiger partial charge on any atom is 0.409 e. The second-order valence-corrected chi connectivity index (χ2v) is 4.69. The number of ether oxygens (including phenoxy) is 1. The third-order valence-corrected chi connectivity index (χ3v) is 3.21. The fourth-order valence-electron chi connectivity index (χ4n) is 2.23. The van der Waals surface area contributed by atoms with Gasteiger partial charge in [-0.3, -0.25) is 0 Å². The Morgan fingerprint density at radius 1 is 1.58 bits per heavy atom. The summed E-state index contributed by atoms with van der Waals surface area (Å²) in [5.41, 5.74) is 5.81. The van der Waals surface area contributed by atoms with Crippen LogP contribution in [-0.2, 0) is 4.74 Å². The van der Waals surface area contributed by atoms with Crippen LogP contribution in [0.25, 0.3) is 0 Å². The highest BCUT2D eigenvalue weighted by atomic mass is 16.6. The molecule has 0 radical (unpaired) electrons. The molecule has 0 aromatic carbocycles. The molecular weight excluding hydrogens is 246 g/mol. The summed E-state index contributed by atoms with van der Waals surface area (Å²) in [4.78, 5) is 20.6. The van der Waals surface area contributed by atoms with Gasteiger partial charge in [0.1, 0.15) is 11.6 Å². The fourth-order valence-corrected chi connectivity index (χ4v) is 2.23. The number of aromatic amines is 1. The first kappa shape index (κ1) is 13.5. The van der Waals surface area contributed by atoms with Gasteiger partial charge in [-0.25, -0.2) is 9.78 Å². The molecule has 1 aliphatic rings. The van der Waals surface area contributed by atoms with E-state index in [2.05, 4.69) is 15.3 Å². The first-order chi connectivity index (χ1) is 9.10. The van der Waals surface area contributed by atoms with Gasteiger partial charge >= 0.3 is 6.09 Å². The van der Waals surface area contributed by atoms with Crippen LogP contribution in [0.2, 0.25) is 0 Å². The quantitative estimate of drug-likeness (QED) is 0.767. The lowest BCUT2D eigenvalue weighted by atomic mass is 10.1. The molecule has 0 spiro atoms. The van der Waals surface area contributed by atoms with Crippen LogP contribution in [0.5, 0.6) is 0 Å². The Morgan fingerprint density at radius 2 is 2.26 bits per heavy atom. The number of piperidine rings is 1. The Bertz CT molecular complexity index is 437. The molecule has 4 N–H and O–H groups in total. The molecule has 1 fully saturated rings. The molecule has 2 heterocycles. The number of H-pyrrole nitrogens is 1. The van der Waals surface area contributed by atoms with Crippen LogP contribution in [0.4, 0.5) is 16.4 Å². The van der Waals surface area contributed by atoms with Gasteiger partial charge in [0.2, 0.25) is 0 Å². The first-order valence-corrected chi connectivity index (χ1v) is 6.60. The van der Waals surface area contributed by atoms with Crippen molar-refractivity contribution in [3.63, 3.8) is 0 Å². The number of carbonyl (C=O) groups excluding carboxylic acids is 1. The zero-order chi connectivity index (χ0) is 13.8. The predicted molar refractivity (Wildman–Crippen MR) is 73.0 cm³/mol. The minimum atomic E-state index is -0.226. The lowest BCUT2D eigenvalue weighted by Gasteiger charge is -2.31. The van der Waals surface area contributed by atoms with Crippen molar-refractivity contribution in [1.82, 2.24) is 14.9 Å². The van der Waals surface area contributed by atoms with Crippen LogP contribution in [0.15, 0.2) is 0 Å². The van der Waals surface area contributed by atoms with Gasteiger partial charge < -0.3 is 25.7 Å². The summed E-state index contributed by atoms with van der Waals surface area (Å²) >= 11 is 0. The smallest absolute Gasteiger partial charge is 0.409 e. The van der Waals surface area contributed by atoms with Gasteiger partial charge in [-0.2, -0.15) is 0 Å². The van der Waals surface area contributed by atoms with Crippen molar-refractivity contribution in [2.24, 2.45) is 0 Å². The number of aromatic nitrogens is 2. The van der Waals surface area contributed by atoms with Crippen LogP contribution >= 0.6 is 0 Å². The van der Waals surface area contributed by atoms with Crippen molar-refractivity contribution in [2.75, 3.05) is 30.7 Å². The standard InChI is InChI=1S/C12H21N5O2/c1-3-19-12(18)17-6-4-9(5-7-17)16-11-10(13)14-8(2)15-11/h9,16H,3-7,13H2,1-2H3,(H,14,15). The van der Waals surface area contributed by atoms with E-state index in [0.29, 0.717) is 31.3 Å². The number of hydrogen-bond donors (Lipinski definition) is 3. The SMILES string of the molecule is CCOC(=O)N1CCC(Nc2nc(C)[nH]c2N)CC1. The zero-order valence-electron chi connectivity index (χ0n) is 11.4. The minimum Gasteiger partial charge on any atom is -0.450 e. The van der Waals surface area contributed by atoms with E-state index in [9.17, 15) is 4.79 Å². The Hall–Kier alpha value is -1.92. The number of nitrogen functional groups attached to an aromatic ring is 1. The summed E-state index contributed by atoms with van der Waals surface area (Å²) in [6, 6.07) is 0.288. The van der Waals surface area contributed by atoms with Crippen molar-refractivity contribution in [3.8, 4) is 0 Å². The normalized spacial score (nSPS) is 16.4. The summed E-state index contributed by atoms with van der Waals surface area (Å²) in [6.45, 7) is 5.49. The molecule has 2 rings (SSSR count). The number of rotatable bonds is 3. The molecule has 106 valence electrons. The Morgan fingerprint density at radius 3 is 2.79 bits per heavy atom. The molecule has 1 amide bonds. The average molecular weight is 267 g/mol. The Balaban J connectivity index is 1.83. The van der Waals surface area contributed by atoms with Gasteiger partial charge in [0, 0.05) is 19.1 Å². The van der Waals surface area contributed by atoms with E-state index in [0.717, 1.165) is 18.7 Å². The van der Waals surface area contributed by atoms with E-state index in [1.165, 1.54) is 0 Å². The molecule has 0 bridgehead atoms. The number of carbonyl (C=O) groups is 1. The third-order valence-electron chi connectivity index (χ3n) is 3.21. The largest absolute Gasteiger partial charge is 0.450 e. The van der Waals surface area contributed by atoms with Crippen LogP contribution in [0, 0.1) is 6.92 Å². The molecule has 1 aromatic rings. The van der Waals surface area contributed by atoms with Gasteiger partial charge in [0.15, 0.2) is 5.82 Å². The number of nitrogens with zero attached hydrogens (tertiary/aromatic N) is 2. The van der Waals surface area contributed by atoms with E-state index in [4.69, 9.17) is 10.5 Å². The Kier molecular flexibility index (Phi) is 4.13. The van der Waals surface area contributed by atoms with Crippen LogP contribution < -0.4 is 11.1 Å². The molecule has 0 aliphatic carbocycles. The van der Waals surface area contributed by atoms with E-state index in [-0.39, 0.29) is 12.1 Å². The van der Waals surface area contributed by atoms with Gasteiger partial charge in [-0.15, -0.1) is 0 Å². The minimum absolute atomic E-state index is 0.226. The summed E-state index contributed by atoms with van der Waals surface area (Å²) in [5.74, 6) is 2.06. The second kappa shape index (κ2) is 5.81. The van der Waals surface area contributed by atoms with Gasteiger partial charge in [-0.1, -0.05) is 0 Å². The summed E-state index contributed by atoms with van der Waals surface area (Å²) in [5, 5.41) is 3.32. The number of nitrogens with one attached hydrogen (secondary N) is 2. The summed E-state index contributed by atoms with van der Waals surface area (Å²) in [7, 11) is 0. The van der Waals surface area contributed by atoms with Crippen molar-refractivity contribution in [3.05, 3.63) is 5.82 Å². The van der Waals surface area contributed by atoms with Crippen LogP contribution in [0.3, 0.4) is 0 Å². The highest BCUT2D eigenvalue weighted by Crippen LogP contribution is 2.20. The molecule has 0 unspecified atom stereocenters. The topological polar surface area (TPSA) is 96.3 Å². The first-order valence-electron chi connectivity index (χ1n) is 6.60. The van der Waals surface area contributed by atoms with Gasteiger partial charge in [0.05, 0.1) is 6.61 Å².